The highest BCUT2D eigenvalue weighted by Crippen LogP contribution is 2.29. The number of hydrogen-bond acceptors (Lipinski definition) is 5. The van der Waals surface area contributed by atoms with Crippen molar-refractivity contribution < 1.29 is 23.8 Å². The number of carbonyl (C=O) groups is 2. The molecule has 1 unspecified atom stereocenters. The highest BCUT2D eigenvalue weighted by atomic mass is 16.5. The summed E-state index contributed by atoms with van der Waals surface area (Å²) in [4.78, 5) is 26.9. The summed E-state index contributed by atoms with van der Waals surface area (Å²) in [5.74, 6) is 0.751. The Morgan fingerprint density at radius 1 is 1.06 bits per heavy atom. The molecule has 7 heteroatoms. The minimum absolute atomic E-state index is 0.0919. The van der Waals surface area contributed by atoms with Gasteiger partial charge in [0, 0.05) is 18.7 Å². The van der Waals surface area contributed by atoms with Gasteiger partial charge in [0.1, 0.15) is 0 Å². The van der Waals surface area contributed by atoms with Crippen molar-refractivity contribution in [2.75, 3.05) is 40.0 Å². The lowest BCUT2D eigenvalue weighted by Crippen LogP contribution is -2.43. The molecule has 1 atom stereocenters. The average Bonchev–Trinajstić information content (AvgIpc) is 2.81. The van der Waals surface area contributed by atoms with Crippen molar-refractivity contribution in [1.82, 2.24) is 10.2 Å². The van der Waals surface area contributed by atoms with E-state index < -0.39 is 0 Å². The van der Waals surface area contributed by atoms with Crippen molar-refractivity contribution in [2.24, 2.45) is 5.92 Å². The third-order valence-corrected chi connectivity index (χ3v) is 5.25. The summed E-state index contributed by atoms with van der Waals surface area (Å²) in [5, 5.41) is 3.11. The smallest absolute Gasteiger partial charge is 0.260 e. The number of nitrogens with one attached hydrogen (secondary N) is 1. The van der Waals surface area contributed by atoms with Crippen LogP contribution in [0.15, 0.2) is 48.5 Å². The molecule has 31 heavy (non-hydrogen) atoms. The van der Waals surface area contributed by atoms with Crippen molar-refractivity contribution in [3.8, 4) is 11.5 Å². The van der Waals surface area contributed by atoms with Gasteiger partial charge in [-0.3, -0.25) is 9.59 Å². The lowest BCUT2D eigenvalue weighted by atomic mass is 9.95. The van der Waals surface area contributed by atoms with Crippen LogP contribution in [0.5, 0.6) is 11.5 Å². The lowest BCUT2D eigenvalue weighted by molar-refractivity contribution is -0.137. The quantitative estimate of drug-likeness (QED) is 0.702. The zero-order valence-electron chi connectivity index (χ0n) is 18.3. The van der Waals surface area contributed by atoms with Gasteiger partial charge in [0.25, 0.3) is 11.8 Å². The summed E-state index contributed by atoms with van der Waals surface area (Å²) >= 11 is 0. The number of hydrogen-bond donors (Lipinski definition) is 1. The SMILES string of the molecule is COc1cc(C(=O)NC(c2ccccc2)C(C)C)ccc1OCC(=O)N1CCOCC1. The Morgan fingerprint density at radius 2 is 1.77 bits per heavy atom. The standard InChI is InChI=1S/C24H30N2O5/c1-17(2)23(18-7-5-4-6-8-18)25-24(28)19-9-10-20(21(15-19)29-3)31-16-22(27)26-11-13-30-14-12-26/h4-10,15,17,23H,11-14,16H2,1-3H3,(H,25,28). The summed E-state index contributed by atoms with van der Waals surface area (Å²) in [6, 6.07) is 14.8. The molecule has 1 fully saturated rings. The summed E-state index contributed by atoms with van der Waals surface area (Å²) in [6.45, 7) is 6.26. The van der Waals surface area contributed by atoms with E-state index in [9.17, 15) is 9.59 Å². The van der Waals surface area contributed by atoms with Crippen LogP contribution in [0.25, 0.3) is 0 Å². The second-order valence-corrected chi connectivity index (χ2v) is 7.75. The van der Waals surface area contributed by atoms with Gasteiger partial charge in [-0.15, -0.1) is 0 Å². The third-order valence-electron chi connectivity index (χ3n) is 5.25. The van der Waals surface area contributed by atoms with Gasteiger partial charge < -0.3 is 24.4 Å². The van der Waals surface area contributed by atoms with Gasteiger partial charge in [-0.25, -0.2) is 0 Å². The third kappa shape index (κ3) is 5.98. The predicted molar refractivity (Wildman–Crippen MR) is 117 cm³/mol. The number of methoxy groups -OCH3 is 1. The van der Waals surface area contributed by atoms with Crippen LogP contribution in [-0.2, 0) is 9.53 Å². The number of ether oxygens (including phenoxy) is 3. The first-order valence-electron chi connectivity index (χ1n) is 10.5. The van der Waals surface area contributed by atoms with E-state index in [0.717, 1.165) is 5.56 Å². The molecule has 1 aliphatic heterocycles. The molecule has 1 heterocycles. The summed E-state index contributed by atoms with van der Waals surface area (Å²) in [5.41, 5.74) is 1.52. The Morgan fingerprint density at radius 3 is 2.42 bits per heavy atom. The molecule has 0 aliphatic carbocycles. The van der Waals surface area contributed by atoms with Gasteiger partial charge in [-0.1, -0.05) is 44.2 Å². The van der Waals surface area contributed by atoms with Crippen molar-refractivity contribution in [2.45, 2.75) is 19.9 Å². The van der Waals surface area contributed by atoms with E-state index >= 15 is 0 Å². The topological polar surface area (TPSA) is 77.1 Å². The first-order chi connectivity index (χ1) is 15.0. The minimum Gasteiger partial charge on any atom is -0.493 e. The number of nitrogens with zero attached hydrogens (tertiary/aromatic N) is 1. The highest BCUT2D eigenvalue weighted by Gasteiger charge is 2.21. The molecular formula is C24H30N2O5. The first kappa shape index (κ1) is 22.6. The van der Waals surface area contributed by atoms with E-state index in [-0.39, 0.29) is 30.4 Å². The zero-order chi connectivity index (χ0) is 22.2. The molecule has 3 rings (SSSR count). The Hall–Kier alpha value is -3.06. The van der Waals surface area contributed by atoms with Crippen molar-refractivity contribution in [3.63, 3.8) is 0 Å². The van der Waals surface area contributed by atoms with Crippen LogP contribution >= 0.6 is 0 Å². The van der Waals surface area contributed by atoms with Gasteiger partial charge in [0.2, 0.25) is 0 Å². The van der Waals surface area contributed by atoms with E-state index in [4.69, 9.17) is 14.2 Å². The van der Waals surface area contributed by atoms with Crippen LogP contribution < -0.4 is 14.8 Å². The molecule has 0 radical (unpaired) electrons. The second kappa shape index (κ2) is 10.8. The summed E-state index contributed by atoms with van der Waals surface area (Å²) in [6.07, 6.45) is 0. The highest BCUT2D eigenvalue weighted by molar-refractivity contribution is 5.95. The number of morpholine rings is 1. The molecule has 2 aromatic rings. The number of amides is 2. The molecule has 2 amide bonds. The van der Waals surface area contributed by atoms with Gasteiger partial charge in [0.05, 0.1) is 26.4 Å². The Bertz CT molecular complexity index is 879. The van der Waals surface area contributed by atoms with E-state index in [1.807, 2.05) is 30.3 Å². The lowest BCUT2D eigenvalue weighted by Gasteiger charge is -2.26. The van der Waals surface area contributed by atoms with Crippen LogP contribution in [0.4, 0.5) is 0 Å². The molecule has 1 N–H and O–H groups in total. The second-order valence-electron chi connectivity index (χ2n) is 7.75. The van der Waals surface area contributed by atoms with Crippen molar-refractivity contribution in [3.05, 3.63) is 59.7 Å². The Labute approximate surface area is 183 Å². The Balaban J connectivity index is 1.66. The summed E-state index contributed by atoms with van der Waals surface area (Å²) in [7, 11) is 1.51. The van der Waals surface area contributed by atoms with Gasteiger partial charge in [0.15, 0.2) is 18.1 Å². The van der Waals surface area contributed by atoms with Gasteiger partial charge in [-0.05, 0) is 29.7 Å². The molecule has 2 aromatic carbocycles. The largest absolute Gasteiger partial charge is 0.493 e. The van der Waals surface area contributed by atoms with E-state index in [1.165, 1.54) is 7.11 Å². The molecule has 1 aliphatic rings. The van der Waals surface area contributed by atoms with Crippen molar-refractivity contribution >= 4 is 11.8 Å². The minimum atomic E-state index is -0.197. The van der Waals surface area contributed by atoms with Crippen LogP contribution in [0.1, 0.15) is 35.8 Å². The van der Waals surface area contributed by atoms with Gasteiger partial charge in [-0.2, -0.15) is 0 Å². The van der Waals surface area contributed by atoms with Crippen LogP contribution in [0.2, 0.25) is 0 Å². The van der Waals surface area contributed by atoms with E-state index in [1.54, 1.807) is 23.1 Å². The first-order valence-corrected chi connectivity index (χ1v) is 10.5. The number of rotatable bonds is 8. The van der Waals surface area contributed by atoms with Crippen LogP contribution in [0, 0.1) is 5.92 Å². The molecule has 0 saturated carbocycles. The average molecular weight is 427 g/mol. The predicted octanol–water partition coefficient (Wildman–Crippen LogP) is 3.06. The van der Waals surface area contributed by atoms with Crippen LogP contribution in [-0.4, -0.2) is 56.7 Å². The van der Waals surface area contributed by atoms with E-state index in [0.29, 0.717) is 43.4 Å². The molecule has 0 aromatic heterocycles. The zero-order valence-corrected chi connectivity index (χ0v) is 18.3. The molecule has 166 valence electrons. The Kier molecular flexibility index (Phi) is 7.89. The summed E-state index contributed by atoms with van der Waals surface area (Å²) < 4.78 is 16.3. The monoisotopic (exact) mass is 426 g/mol. The molecule has 0 bridgehead atoms. The fourth-order valence-corrected chi connectivity index (χ4v) is 3.49. The maximum Gasteiger partial charge on any atom is 0.260 e. The molecule has 1 saturated heterocycles. The number of benzene rings is 2. The normalized spacial score (nSPS) is 14.8. The molecule has 7 nitrogen and oxygen atoms in total. The fraction of sp³-hybridized carbons (Fsp3) is 0.417. The maximum absolute atomic E-state index is 12.9. The van der Waals surface area contributed by atoms with Gasteiger partial charge >= 0.3 is 0 Å². The number of carbonyl (C=O) groups excluding carboxylic acids is 2. The maximum atomic E-state index is 12.9. The molecule has 0 spiro atoms. The van der Waals surface area contributed by atoms with Crippen LogP contribution in [0.3, 0.4) is 0 Å². The van der Waals surface area contributed by atoms with E-state index in [2.05, 4.69) is 19.2 Å². The van der Waals surface area contributed by atoms with Crippen molar-refractivity contribution in [1.29, 1.82) is 0 Å². The fourth-order valence-electron chi connectivity index (χ4n) is 3.49. The molecular weight excluding hydrogens is 396 g/mol.